The number of H-pyrrole nitrogens is 1. The van der Waals surface area contributed by atoms with Crippen LogP contribution in [0, 0.1) is 5.92 Å². The van der Waals surface area contributed by atoms with Gasteiger partial charge >= 0.3 is 0 Å². The first-order chi connectivity index (χ1) is 17.2. The third-order valence-corrected chi connectivity index (χ3v) is 8.97. The minimum absolute atomic E-state index is 0.0873. The zero-order valence-electron chi connectivity index (χ0n) is 20.9. The minimum atomic E-state index is -2.96. The van der Waals surface area contributed by atoms with E-state index in [9.17, 15) is 13.5 Å². The summed E-state index contributed by atoms with van der Waals surface area (Å²) in [5.41, 5.74) is 10.7. The number of alkyl halides is 1. The number of imidazole rings is 1. The monoisotopic (exact) mass is 517 g/mol. The van der Waals surface area contributed by atoms with Gasteiger partial charge in [-0.2, -0.15) is 0 Å². The van der Waals surface area contributed by atoms with Gasteiger partial charge in [0.2, 0.25) is 0 Å². The average Bonchev–Trinajstić information content (AvgIpc) is 3.51. The number of halogens is 1. The van der Waals surface area contributed by atoms with Crippen LogP contribution in [0.5, 0.6) is 5.75 Å². The number of hydrazine groups is 1. The molecule has 2 aromatic rings. The molecule has 1 aromatic carbocycles. The maximum atomic E-state index is 15.8. The van der Waals surface area contributed by atoms with Crippen molar-refractivity contribution in [2.75, 3.05) is 31.6 Å². The first-order valence-corrected chi connectivity index (χ1v) is 14.9. The molecule has 10 heteroatoms. The van der Waals surface area contributed by atoms with Gasteiger partial charge in [0.15, 0.2) is 0 Å². The fourth-order valence-corrected chi connectivity index (χ4v) is 6.61. The van der Waals surface area contributed by atoms with E-state index in [2.05, 4.69) is 31.8 Å². The van der Waals surface area contributed by atoms with Crippen LogP contribution in [0.1, 0.15) is 60.8 Å². The first kappa shape index (κ1) is 25.4. The summed E-state index contributed by atoms with van der Waals surface area (Å²) in [5, 5.41) is 9.85. The number of aromatic nitrogens is 2. The number of phenols is 1. The molecule has 0 radical (unpaired) electrons. The van der Waals surface area contributed by atoms with E-state index in [-0.39, 0.29) is 35.4 Å². The maximum absolute atomic E-state index is 15.8. The van der Waals surface area contributed by atoms with E-state index in [4.69, 9.17) is 0 Å². The summed E-state index contributed by atoms with van der Waals surface area (Å²) in [5.74, 6) is 1.11. The van der Waals surface area contributed by atoms with Crippen molar-refractivity contribution in [3.05, 3.63) is 53.1 Å². The second-order valence-electron chi connectivity index (χ2n) is 10.4. The summed E-state index contributed by atoms with van der Waals surface area (Å²) in [6.07, 6.45) is 7.44. The Labute approximate surface area is 212 Å². The molecule has 2 aliphatic heterocycles. The number of sulfone groups is 1. The number of phenolic OH excluding ortho intramolecular Hbond substituents is 1. The third-order valence-electron chi connectivity index (χ3n) is 8.05. The molecule has 196 valence electrons. The average molecular weight is 518 g/mol. The lowest BCUT2D eigenvalue weighted by molar-refractivity contribution is 0.135. The van der Waals surface area contributed by atoms with E-state index in [1.165, 1.54) is 11.8 Å². The van der Waals surface area contributed by atoms with Crippen LogP contribution in [0.15, 0.2) is 30.5 Å². The lowest BCUT2D eigenvalue weighted by atomic mass is 9.71. The van der Waals surface area contributed by atoms with Crippen LogP contribution in [0.3, 0.4) is 0 Å². The number of aromatic amines is 1. The van der Waals surface area contributed by atoms with Gasteiger partial charge in [-0.05, 0) is 54.5 Å². The maximum Gasteiger partial charge on any atom is 0.148 e. The van der Waals surface area contributed by atoms with Crippen molar-refractivity contribution >= 4 is 15.4 Å². The normalized spacial score (nSPS) is 29.2. The Morgan fingerprint density at radius 1 is 1.25 bits per heavy atom. The molecular formula is C26H36FN5O3S. The molecule has 2 fully saturated rings. The smallest absolute Gasteiger partial charge is 0.148 e. The van der Waals surface area contributed by atoms with Crippen LogP contribution in [0.25, 0.3) is 5.57 Å². The topological polar surface area (TPSA) is 110 Å². The van der Waals surface area contributed by atoms with Gasteiger partial charge in [0.25, 0.3) is 0 Å². The van der Waals surface area contributed by atoms with E-state index in [1.54, 1.807) is 12.1 Å². The van der Waals surface area contributed by atoms with Crippen LogP contribution >= 0.6 is 0 Å². The first-order valence-electron chi connectivity index (χ1n) is 12.8. The number of benzene rings is 1. The number of hydrogen-bond donors (Lipinski definition) is 4. The highest BCUT2D eigenvalue weighted by Crippen LogP contribution is 2.45. The predicted molar refractivity (Wildman–Crippen MR) is 138 cm³/mol. The molecule has 5 rings (SSSR count). The Bertz CT molecular complexity index is 1230. The largest absolute Gasteiger partial charge is 0.508 e. The number of rotatable bonds is 7. The number of aryl methyl sites for hydroxylation is 1. The van der Waals surface area contributed by atoms with Gasteiger partial charge in [-0.3, -0.25) is 10.3 Å². The number of fused-ring (bicyclic) bond motifs is 1. The standard InChI is InChI=1S/C26H36FN5O3S/c1-3-16-14-18(33)4-5-19(16)20-6-7-21-24(23(20)27)30-31-25(21)26-28-15-22(29-26)17-8-10-32(11-9-17)12-13-36(2,34)35/h4-5,8,14-15,20-21,23-25,30-31,33H,3,6-7,9-13H2,1-2H3,(H,28,29). The van der Waals surface area contributed by atoms with Crippen molar-refractivity contribution in [1.82, 2.24) is 25.7 Å². The Kier molecular flexibility index (Phi) is 7.22. The summed E-state index contributed by atoms with van der Waals surface area (Å²) in [6, 6.07) is 4.89. The molecule has 3 aliphatic rings. The molecule has 5 unspecified atom stereocenters. The summed E-state index contributed by atoms with van der Waals surface area (Å²) < 4.78 is 38.7. The molecule has 0 spiro atoms. The van der Waals surface area contributed by atoms with Gasteiger partial charge in [-0.15, -0.1) is 0 Å². The molecule has 36 heavy (non-hydrogen) atoms. The fraction of sp³-hybridized carbons (Fsp3) is 0.577. The number of hydrogen-bond acceptors (Lipinski definition) is 7. The number of aromatic hydroxyl groups is 1. The minimum Gasteiger partial charge on any atom is -0.508 e. The second kappa shape index (κ2) is 10.2. The summed E-state index contributed by atoms with van der Waals surface area (Å²) in [4.78, 5) is 10.3. The zero-order valence-corrected chi connectivity index (χ0v) is 21.7. The van der Waals surface area contributed by atoms with Gasteiger partial charge < -0.3 is 10.1 Å². The fourth-order valence-electron chi connectivity index (χ4n) is 6.02. The van der Waals surface area contributed by atoms with E-state index in [0.29, 0.717) is 6.54 Å². The van der Waals surface area contributed by atoms with E-state index in [1.807, 2.05) is 19.2 Å². The van der Waals surface area contributed by atoms with Crippen LogP contribution in [0.4, 0.5) is 4.39 Å². The highest BCUT2D eigenvalue weighted by atomic mass is 32.2. The highest BCUT2D eigenvalue weighted by molar-refractivity contribution is 7.90. The van der Waals surface area contributed by atoms with Gasteiger partial charge in [-0.1, -0.05) is 19.1 Å². The summed E-state index contributed by atoms with van der Waals surface area (Å²) in [7, 11) is -2.96. The molecule has 8 nitrogen and oxygen atoms in total. The van der Waals surface area contributed by atoms with Crippen LogP contribution < -0.4 is 10.9 Å². The Hall–Kier alpha value is -2.27. The molecule has 1 aromatic heterocycles. The van der Waals surface area contributed by atoms with E-state index in [0.717, 1.165) is 61.4 Å². The van der Waals surface area contributed by atoms with Crippen LogP contribution in [0.2, 0.25) is 0 Å². The Balaban J connectivity index is 1.24. The zero-order chi connectivity index (χ0) is 25.4. The predicted octanol–water partition coefficient (Wildman–Crippen LogP) is 2.86. The lowest BCUT2D eigenvalue weighted by Gasteiger charge is -2.36. The molecule has 0 bridgehead atoms. The van der Waals surface area contributed by atoms with Crippen molar-refractivity contribution in [2.24, 2.45) is 5.92 Å². The molecule has 3 heterocycles. The second-order valence-corrected chi connectivity index (χ2v) is 12.7. The molecule has 4 N–H and O–H groups in total. The van der Waals surface area contributed by atoms with Gasteiger partial charge in [0, 0.05) is 37.7 Å². The molecule has 0 amide bonds. The molecule has 1 aliphatic carbocycles. The number of nitrogens with zero attached hydrogens (tertiary/aromatic N) is 2. The van der Waals surface area contributed by atoms with Crippen LogP contribution in [-0.4, -0.2) is 72.2 Å². The highest BCUT2D eigenvalue weighted by Gasteiger charge is 2.48. The van der Waals surface area contributed by atoms with Crippen LogP contribution in [-0.2, 0) is 16.3 Å². The van der Waals surface area contributed by atoms with Gasteiger partial charge in [-0.25, -0.2) is 23.2 Å². The van der Waals surface area contributed by atoms with Gasteiger partial charge in [0.1, 0.15) is 27.6 Å². The third kappa shape index (κ3) is 5.22. The summed E-state index contributed by atoms with van der Waals surface area (Å²) in [6.45, 7) is 4.11. The SMILES string of the molecule is CCc1cc(O)ccc1C1CCC2C(c3ncc(C4=CCN(CCS(C)(=O)=O)CC4)[nH]3)NNC2C1F. The lowest BCUT2D eigenvalue weighted by Crippen LogP contribution is -2.45. The van der Waals surface area contributed by atoms with Crippen molar-refractivity contribution in [3.8, 4) is 5.75 Å². The molecule has 5 atom stereocenters. The molecule has 1 saturated carbocycles. The Morgan fingerprint density at radius 2 is 2.08 bits per heavy atom. The van der Waals surface area contributed by atoms with Gasteiger partial charge in [0.05, 0.1) is 29.7 Å². The van der Waals surface area contributed by atoms with Crippen molar-refractivity contribution < 1.29 is 17.9 Å². The Morgan fingerprint density at radius 3 is 2.81 bits per heavy atom. The quantitative estimate of drug-likeness (QED) is 0.447. The molecule has 1 saturated heterocycles. The van der Waals surface area contributed by atoms with Crippen molar-refractivity contribution in [2.45, 2.75) is 56.8 Å². The number of nitrogens with one attached hydrogen (secondary N) is 3. The van der Waals surface area contributed by atoms with E-state index >= 15 is 4.39 Å². The van der Waals surface area contributed by atoms with Crippen molar-refractivity contribution in [1.29, 1.82) is 0 Å². The molecular weight excluding hydrogens is 481 g/mol. The van der Waals surface area contributed by atoms with Crippen molar-refractivity contribution in [3.63, 3.8) is 0 Å². The summed E-state index contributed by atoms with van der Waals surface area (Å²) >= 11 is 0. The van der Waals surface area contributed by atoms with E-state index < -0.39 is 16.0 Å².